The van der Waals surface area contributed by atoms with E-state index in [2.05, 4.69) is 10.5 Å². The number of hydrogen-bond donors (Lipinski definition) is 1. The molecule has 0 heterocycles. The second kappa shape index (κ2) is 5.78. The van der Waals surface area contributed by atoms with Crippen LogP contribution in [0.4, 0.5) is 0 Å². The van der Waals surface area contributed by atoms with Crippen molar-refractivity contribution in [3.8, 4) is 6.07 Å². The van der Waals surface area contributed by atoms with Gasteiger partial charge >= 0.3 is 0 Å². The number of carbonyl (C=O) groups excluding carboxylic acids is 1. The lowest BCUT2D eigenvalue weighted by atomic mass is 10.0. The number of benzene rings is 2. The van der Waals surface area contributed by atoms with Crippen molar-refractivity contribution >= 4 is 22.4 Å². The van der Waals surface area contributed by atoms with Gasteiger partial charge in [-0.3, -0.25) is 4.79 Å². The molecule has 0 bridgehead atoms. The van der Waals surface area contributed by atoms with E-state index in [1.807, 2.05) is 49.4 Å². The minimum Gasteiger partial charge on any atom is -0.272 e. The van der Waals surface area contributed by atoms with Crippen molar-refractivity contribution in [2.24, 2.45) is 5.10 Å². The molecule has 0 unspecified atom stereocenters. The molecule has 1 N–H and O–H groups in total. The topological polar surface area (TPSA) is 65.2 Å². The molecule has 4 nitrogen and oxygen atoms in total. The van der Waals surface area contributed by atoms with Crippen LogP contribution in [0, 0.1) is 11.3 Å². The van der Waals surface area contributed by atoms with Gasteiger partial charge < -0.3 is 0 Å². The number of nitrogens with zero attached hydrogens (tertiary/aromatic N) is 2. The Labute approximate surface area is 111 Å². The fourth-order valence-corrected chi connectivity index (χ4v) is 1.74. The third-order valence-corrected chi connectivity index (χ3v) is 2.76. The monoisotopic (exact) mass is 251 g/mol. The highest BCUT2D eigenvalue weighted by molar-refractivity contribution is 6.02. The van der Waals surface area contributed by atoms with Gasteiger partial charge in [-0.1, -0.05) is 36.4 Å². The number of nitriles is 1. The fourth-order valence-electron chi connectivity index (χ4n) is 1.74. The van der Waals surface area contributed by atoms with Gasteiger partial charge in [-0.15, -0.1) is 0 Å². The smallest absolute Gasteiger partial charge is 0.254 e. The standard InChI is InChI=1S/C15H13N3O/c1-11(17-18-15(19)8-9-16)13-7-6-12-4-2-3-5-14(12)10-13/h2-7,10H,8H2,1H3,(H,18,19)/b17-11+. The third kappa shape index (κ3) is 3.17. The van der Waals surface area contributed by atoms with Crippen molar-refractivity contribution in [1.82, 2.24) is 5.43 Å². The Kier molecular flexibility index (Phi) is 3.89. The largest absolute Gasteiger partial charge is 0.272 e. The lowest BCUT2D eigenvalue weighted by molar-refractivity contribution is -0.120. The first-order valence-electron chi connectivity index (χ1n) is 5.90. The maximum Gasteiger partial charge on any atom is 0.254 e. The number of carbonyl (C=O) groups is 1. The normalized spacial score (nSPS) is 11.1. The molecule has 0 aliphatic carbocycles. The molecule has 4 heteroatoms. The van der Waals surface area contributed by atoms with Crippen LogP contribution in [0.5, 0.6) is 0 Å². The molecule has 2 aromatic rings. The minimum atomic E-state index is -0.400. The van der Waals surface area contributed by atoms with Crippen molar-refractivity contribution < 1.29 is 4.79 Å². The Balaban J connectivity index is 2.21. The summed E-state index contributed by atoms with van der Waals surface area (Å²) >= 11 is 0. The van der Waals surface area contributed by atoms with Gasteiger partial charge in [0.25, 0.3) is 5.91 Å². The van der Waals surface area contributed by atoms with Crippen LogP contribution in [0.3, 0.4) is 0 Å². The number of nitrogens with one attached hydrogen (secondary N) is 1. The molecule has 0 aliphatic rings. The molecule has 1 amide bonds. The molecule has 2 rings (SSSR count). The van der Waals surface area contributed by atoms with Crippen LogP contribution in [0.2, 0.25) is 0 Å². The summed E-state index contributed by atoms with van der Waals surface area (Å²) in [5.41, 5.74) is 4.00. The molecule has 0 fully saturated rings. The first kappa shape index (κ1) is 12.8. The predicted molar refractivity (Wildman–Crippen MR) is 74.5 cm³/mol. The molecular weight excluding hydrogens is 238 g/mol. The maximum absolute atomic E-state index is 11.2. The van der Waals surface area contributed by atoms with Gasteiger partial charge in [-0.2, -0.15) is 10.4 Å². The molecule has 0 saturated heterocycles. The van der Waals surface area contributed by atoms with Gasteiger partial charge in [-0.25, -0.2) is 5.43 Å². The zero-order valence-corrected chi connectivity index (χ0v) is 10.6. The van der Waals surface area contributed by atoms with Gasteiger partial charge in [-0.05, 0) is 29.3 Å². The van der Waals surface area contributed by atoms with Crippen LogP contribution in [0.1, 0.15) is 18.9 Å². The summed E-state index contributed by atoms with van der Waals surface area (Å²) in [7, 11) is 0. The molecule has 19 heavy (non-hydrogen) atoms. The van der Waals surface area contributed by atoms with Crippen molar-refractivity contribution in [2.45, 2.75) is 13.3 Å². The summed E-state index contributed by atoms with van der Waals surface area (Å²) in [6.45, 7) is 1.82. The average molecular weight is 251 g/mol. The van der Waals surface area contributed by atoms with Gasteiger partial charge in [0.1, 0.15) is 6.42 Å². The molecule has 0 aliphatic heterocycles. The molecule has 0 spiro atoms. The van der Waals surface area contributed by atoms with Crippen molar-refractivity contribution in [3.05, 3.63) is 48.0 Å². The van der Waals surface area contributed by atoms with Gasteiger partial charge in [0.2, 0.25) is 0 Å². The summed E-state index contributed by atoms with van der Waals surface area (Å²) in [6.07, 6.45) is -0.186. The van der Waals surface area contributed by atoms with Crippen LogP contribution in [-0.2, 0) is 4.79 Å². The zero-order valence-electron chi connectivity index (χ0n) is 10.6. The number of hydrogen-bond acceptors (Lipinski definition) is 3. The van der Waals surface area contributed by atoms with Gasteiger partial charge in [0.15, 0.2) is 0 Å². The van der Waals surface area contributed by atoms with Crippen LogP contribution in [0.25, 0.3) is 10.8 Å². The highest BCUT2D eigenvalue weighted by atomic mass is 16.2. The fraction of sp³-hybridized carbons (Fsp3) is 0.133. The summed E-state index contributed by atoms with van der Waals surface area (Å²) in [5, 5.41) is 14.6. The highest BCUT2D eigenvalue weighted by Gasteiger charge is 2.01. The van der Waals surface area contributed by atoms with Gasteiger partial charge in [0, 0.05) is 0 Å². The predicted octanol–water partition coefficient (Wildman–Crippen LogP) is 2.59. The lowest BCUT2D eigenvalue weighted by Gasteiger charge is -2.03. The number of amides is 1. The minimum absolute atomic E-state index is 0.186. The SMILES string of the molecule is C/C(=N\NC(=O)CC#N)c1ccc2ccccc2c1. The summed E-state index contributed by atoms with van der Waals surface area (Å²) in [4.78, 5) is 11.2. The van der Waals surface area contributed by atoms with E-state index in [1.54, 1.807) is 6.07 Å². The number of hydrazone groups is 1. The Morgan fingerprint density at radius 1 is 1.26 bits per heavy atom. The van der Waals surface area contributed by atoms with E-state index in [0.29, 0.717) is 5.71 Å². The quantitative estimate of drug-likeness (QED) is 0.673. The highest BCUT2D eigenvalue weighted by Crippen LogP contribution is 2.16. The van der Waals surface area contributed by atoms with Crippen molar-refractivity contribution in [2.75, 3.05) is 0 Å². The van der Waals surface area contributed by atoms with Crippen LogP contribution < -0.4 is 5.43 Å². The maximum atomic E-state index is 11.2. The van der Waals surface area contributed by atoms with E-state index >= 15 is 0 Å². The molecular formula is C15H13N3O. The average Bonchev–Trinajstić information content (AvgIpc) is 2.44. The van der Waals surface area contributed by atoms with Crippen LogP contribution in [0.15, 0.2) is 47.6 Å². The molecule has 0 saturated carbocycles. The first-order chi connectivity index (χ1) is 9.20. The van der Waals surface area contributed by atoms with E-state index < -0.39 is 5.91 Å². The van der Waals surface area contributed by atoms with Gasteiger partial charge in [0.05, 0.1) is 11.8 Å². The first-order valence-corrected chi connectivity index (χ1v) is 5.90. The van der Waals surface area contributed by atoms with E-state index in [1.165, 1.54) is 0 Å². The molecule has 0 aromatic heterocycles. The van der Waals surface area contributed by atoms with Crippen molar-refractivity contribution in [1.29, 1.82) is 5.26 Å². The third-order valence-electron chi connectivity index (χ3n) is 2.76. The summed E-state index contributed by atoms with van der Waals surface area (Å²) < 4.78 is 0. The second-order valence-corrected chi connectivity index (χ2v) is 4.13. The Bertz CT molecular complexity index is 683. The second-order valence-electron chi connectivity index (χ2n) is 4.13. The summed E-state index contributed by atoms with van der Waals surface area (Å²) in [6, 6.07) is 15.8. The molecule has 2 aromatic carbocycles. The Morgan fingerprint density at radius 3 is 2.74 bits per heavy atom. The lowest BCUT2D eigenvalue weighted by Crippen LogP contribution is -2.18. The van der Waals surface area contributed by atoms with Crippen LogP contribution in [-0.4, -0.2) is 11.6 Å². The van der Waals surface area contributed by atoms with E-state index in [0.717, 1.165) is 16.3 Å². The van der Waals surface area contributed by atoms with E-state index in [-0.39, 0.29) is 6.42 Å². The van der Waals surface area contributed by atoms with E-state index in [4.69, 9.17) is 5.26 Å². The Hall–Kier alpha value is -2.67. The number of fused-ring (bicyclic) bond motifs is 1. The molecule has 94 valence electrons. The Morgan fingerprint density at radius 2 is 2.00 bits per heavy atom. The van der Waals surface area contributed by atoms with E-state index in [9.17, 15) is 4.79 Å². The number of rotatable bonds is 3. The zero-order chi connectivity index (χ0) is 13.7. The summed E-state index contributed by atoms with van der Waals surface area (Å²) in [5.74, 6) is -0.400. The molecule has 0 atom stereocenters. The molecule has 0 radical (unpaired) electrons. The van der Waals surface area contributed by atoms with Crippen LogP contribution >= 0.6 is 0 Å². The van der Waals surface area contributed by atoms with Crippen molar-refractivity contribution in [3.63, 3.8) is 0 Å².